The molecule has 0 spiro atoms. The monoisotopic (exact) mass is 286 g/mol. The van der Waals surface area contributed by atoms with Crippen LogP contribution in [0.1, 0.15) is 12.5 Å². The molecule has 0 aromatic heterocycles. The van der Waals surface area contributed by atoms with Gasteiger partial charge in [-0.3, -0.25) is 0 Å². The van der Waals surface area contributed by atoms with Crippen LogP contribution in [0.2, 0.25) is 0 Å². The number of thioether (sulfide) groups is 1. The molecule has 18 heavy (non-hydrogen) atoms. The quantitative estimate of drug-likeness (QED) is 0.841. The van der Waals surface area contributed by atoms with Crippen molar-refractivity contribution in [2.75, 3.05) is 23.8 Å². The van der Waals surface area contributed by atoms with E-state index in [1.807, 2.05) is 13.8 Å². The first-order chi connectivity index (χ1) is 8.43. The minimum atomic E-state index is -3.46. The Morgan fingerprint density at radius 3 is 2.78 bits per heavy atom. The molecule has 1 atom stereocenters. The van der Waals surface area contributed by atoms with Crippen LogP contribution in [0.3, 0.4) is 0 Å². The van der Waals surface area contributed by atoms with Gasteiger partial charge in [0.15, 0.2) is 0 Å². The molecule has 1 aliphatic rings. The molecular weight excluding hydrogens is 268 g/mol. The van der Waals surface area contributed by atoms with Gasteiger partial charge in [-0.1, -0.05) is 6.07 Å². The van der Waals surface area contributed by atoms with Gasteiger partial charge in [-0.15, -0.1) is 0 Å². The van der Waals surface area contributed by atoms with Crippen molar-refractivity contribution in [2.45, 2.75) is 24.8 Å². The Bertz CT molecular complexity index is 543. The number of nitrogens with two attached hydrogens (primary N) is 1. The van der Waals surface area contributed by atoms with Gasteiger partial charge in [0.1, 0.15) is 4.90 Å². The fraction of sp³-hybridized carbons (Fsp3) is 0.500. The van der Waals surface area contributed by atoms with Crippen LogP contribution in [-0.2, 0) is 10.0 Å². The summed E-state index contributed by atoms with van der Waals surface area (Å²) in [6.07, 6.45) is 0. The Kier molecular flexibility index (Phi) is 3.89. The van der Waals surface area contributed by atoms with E-state index < -0.39 is 10.0 Å². The molecule has 1 aromatic carbocycles. The van der Waals surface area contributed by atoms with Gasteiger partial charge in [0.2, 0.25) is 10.0 Å². The SMILES string of the molecule is Cc1ccc(S(=O)(=O)N2CCSCC2C)c(N)c1. The van der Waals surface area contributed by atoms with Gasteiger partial charge in [-0.2, -0.15) is 16.1 Å². The Balaban J connectivity index is 2.41. The first-order valence-corrected chi connectivity index (χ1v) is 8.48. The Labute approximate surface area is 113 Å². The zero-order valence-electron chi connectivity index (χ0n) is 10.6. The summed E-state index contributed by atoms with van der Waals surface area (Å²) in [7, 11) is -3.46. The summed E-state index contributed by atoms with van der Waals surface area (Å²) in [4.78, 5) is 0.229. The van der Waals surface area contributed by atoms with E-state index in [1.54, 1.807) is 34.3 Å². The number of aryl methyl sites for hydroxylation is 1. The van der Waals surface area contributed by atoms with E-state index in [0.29, 0.717) is 12.2 Å². The van der Waals surface area contributed by atoms with Crippen LogP contribution in [0.4, 0.5) is 5.69 Å². The van der Waals surface area contributed by atoms with Crippen LogP contribution in [0.15, 0.2) is 23.1 Å². The van der Waals surface area contributed by atoms with E-state index in [9.17, 15) is 8.42 Å². The maximum atomic E-state index is 12.6. The van der Waals surface area contributed by atoms with Crippen molar-refractivity contribution in [1.82, 2.24) is 4.31 Å². The lowest BCUT2D eigenvalue weighted by Crippen LogP contribution is -2.44. The van der Waals surface area contributed by atoms with Gasteiger partial charge in [-0.05, 0) is 31.5 Å². The van der Waals surface area contributed by atoms with Crippen molar-refractivity contribution >= 4 is 27.5 Å². The summed E-state index contributed by atoms with van der Waals surface area (Å²) in [6.45, 7) is 4.39. The predicted octanol–water partition coefficient (Wildman–Crippen LogP) is 1.70. The van der Waals surface area contributed by atoms with E-state index in [1.165, 1.54) is 0 Å². The fourth-order valence-corrected chi connectivity index (χ4v) is 5.05. The molecule has 0 aliphatic carbocycles. The molecule has 2 N–H and O–H groups in total. The van der Waals surface area contributed by atoms with Crippen LogP contribution in [0, 0.1) is 6.92 Å². The average molecular weight is 286 g/mol. The first kappa shape index (κ1) is 13.7. The summed E-state index contributed by atoms with van der Waals surface area (Å²) in [5.74, 6) is 1.68. The molecule has 0 radical (unpaired) electrons. The molecule has 1 aromatic rings. The highest BCUT2D eigenvalue weighted by Gasteiger charge is 2.32. The zero-order chi connectivity index (χ0) is 13.3. The van der Waals surface area contributed by atoms with Gasteiger partial charge in [0, 0.05) is 24.1 Å². The number of anilines is 1. The van der Waals surface area contributed by atoms with Crippen LogP contribution in [0.25, 0.3) is 0 Å². The number of nitrogens with zero attached hydrogens (tertiary/aromatic N) is 1. The zero-order valence-corrected chi connectivity index (χ0v) is 12.2. The third kappa shape index (κ3) is 2.50. The highest BCUT2D eigenvalue weighted by Crippen LogP contribution is 2.28. The molecule has 0 saturated carbocycles. The van der Waals surface area contributed by atoms with Crippen LogP contribution < -0.4 is 5.73 Å². The smallest absolute Gasteiger partial charge is 0.245 e. The molecule has 4 nitrogen and oxygen atoms in total. The van der Waals surface area contributed by atoms with E-state index in [4.69, 9.17) is 5.73 Å². The highest BCUT2D eigenvalue weighted by atomic mass is 32.2. The number of rotatable bonds is 2. The lowest BCUT2D eigenvalue weighted by atomic mass is 10.2. The van der Waals surface area contributed by atoms with Crippen molar-refractivity contribution in [1.29, 1.82) is 0 Å². The molecule has 0 bridgehead atoms. The van der Waals surface area contributed by atoms with Crippen LogP contribution >= 0.6 is 11.8 Å². The van der Waals surface area contributed by atoms with Gasteiger partial charge in [0.05, 0.1) is 5.69 Å². The van der Waals surface area contributed by atoms with E-state index in [2.05, 4.69) is 0 Å². The Morgan fingerprint density at radius 2 is 2.17 bits per heavy atom. The average Bonchev–Trinajstić information content (AvgIpc) is 2.28. The number of hydrogen-bond donors (Lipinski definition) is 1. The molecular formula is C12H18N2O2S2. The topological polar surface area (TPSA) is 63.4 Å². The second kappa shape index (κ2) is 5.11. The van der Waals surface area contributed by atoms with Crippen molar-refractivity contribution in [3.63, 3.8) is 0 Å². The van der Waals surface area contributed by atoms with E-state index in [-0.39, 0.29) is 10.9 Å². The molecule has 1 unspecified atom stereocenters. The van der Waals surface area contributed by atoms with Gasteiger partial charge >= 0.3 is 0 Å². The second-order valence-electron chi connectivity index (χ2n) is 4.58. The summed E-state index contributed by atoms with van der Waals surface area (Å²) < 4.78 is 26.7. The van der Waals surface area contributed by atoms with Crippen LogP contribution in [0.5, 0.6) is 0 Å². The molecule has 0 amide bonds. The fourth-order valence-electron chi connectivity index (χ4n) is 2.10. The highest BCUT2D eigenvalue weighted by molar-refractivity contribution is 7.99. The molecule has 100 valence electrons. The van der Waals surface area contributed by atoms with Crippen molar-refractivity contribution in [2.24, 2.45) is 0 Å². The summed E-state index contributed by atoms with van der Waals surface area (Å²) >= 11 is 1.79. The number of nitrogen functional groups attached to an aromatic ring is 1. The molecule has 1 saturated heterocycles. The summed E-state index contributed by atoms with van der Waals surface area (Å²) in [5, 5.41) is 0. The summed E-state index contributed by atoms with van der Waals surface area (Å²) in [6, 6.07) is 5.12. The van der Waals surface area contributed by atoms with E-state index >= 15 is 0 Å². The normalized spacial score (nSPS) is 22.0. The number of benzene rings is 1. The van der Waals surface area contributed by atoms with Gasteiger partial charge in [0.25, 0.3) is 0 Å². The predicted molar refractivity (Wildman–Crippen MR) is 76.3 cm³/mol. The van der Waals surface area contributed by atoms with Crippen LogP contribution in [-0.4, -0.2) is 36.8 Å². The lowest BCUT2D eigenvalue weighted by molar-refractivity contribution is 0.368. The third-order valence-corrected chi connectivity index (χ3v) is 6.34. The lowest BCUT2D eigenvalue weighted by Gasteiger charge is -2.32. The second-order valence-corrected chi connectivity index (χ2v) is 7.59. The van der Waals surface area contributed by atoms with E-state index in [0.717, 1.165) is 17.1 Å². The minimum Gasteiger partial charge on any atom is -0.398 e. The van der Waals surface area contributed by atoms with Crippen molar-refractivity contribution in [3.05, 3.63) is 23.8 Å². The number of sulfonamides is 1. The van der Waals surface area contributed by atoms with Gasteiger partial charge in [-0.25, -0.2) is 8.42 Å². The first-order valence-electron chi connectivity index (χ1n) is 5.88. The standard InChI is InChI=1S/C12H18N2O2S2/c1-9-3-4-12(11(13)7-9)18(15,16)14-5-6-17-8-10(14)2/h3-4,7,10H,5-6,8,13H2,1-2H3. The maximum absolute atomic E-state index is 12.6. The molecule has 1 fully saturated rings. The minimum absolute atomic E-state index is 0.0226. The maximum Gasteiger partial charge on any atom is 0.245 e. The molecule has 1 aliphatic heterocycles. The van der Waals surface area contributed by atoms with Crippen molar-refractivity contribution in [3.8, 4) is 0 Å². The van der Waals surface area contributed by atoms with Crippen molar-refractivity contribution < 1.29 is 8.42 Å². The molecule has 6 heteroatoms. The Morgan fingerprint density at radius 1 is 1.44 bits per heavy atom. The summed E-state index contributed by atoms with van der Waals surface area (Å²) in [5.41, 5.74) is 7.15. The van der Waals surface area contributed by atoms with Gasteiger partial charge < -0.3 is 5.73 Å². The third-order valence-electron chi connectivity index (χ3n) is 3.06. The molecule has 2 rings (SSSR count). The number of hydrogen-bond acceptors (Lipinski definition) is 4. The largest absolute Gasteiger partial charge is 0.398 e. The molecule has 1 heterocycles. The Hall–Kier alpha value is -0.720.